The first kappa shape index (κ1) is 12.9. The summed E-state index contributed by atoms with van der Waals surface area (Å²) >= 11 is 3.32. The maximum absolute atomic E-state index is 13.0. The molecule has 0 amide bonds. The van der Waals surface area contributed by atoms with Gasteiger partial charge in [0, 0.05) is 16.7 Å². The number of hydrogen-bond donors (Lipinski definition) is 2. The Labute approximate surface area is 121 Å². The molecule has 0 unspecified atom stereocenters. The Hall–Kier alpha value is -2.08. The summed E-state index contributed by atoms with van der Waals surface area (Å²) in [7, 11) is 0. The number of nitrogens with one attached hydrogen (secondary N) is 2. The number of H-pyrrole nitrogens is 1. The van der Waals surface area contributed by atoms with Crippen molar-refractivity contribution in [3.05, 3.63) is 62.8 Å². The van der Waals surface area contributed by atoms with E-state index in [9.17, 15) is 9.18 Å². The van der Waals surface area contributed by atoms with Gasteiger partial charge in [0.2, 0.25) is 0 Å². The SMILES string of the molecule is O=c1[nH]c2cc(NCc3ccc(F)cc3Br)ccc2o1. The number of hydrogen-bond acceptors (Lipinski definition) is 3. The number of fused-ring (bicyclic) bond motifs is 1. The molecule has 0 aliphatic rings. The minimum atomic E-state index is -0.474. The van der Waals surface area contributed by atoms with Gasteiger partial charge >= 0.3 is 5.76 Å². The topological polar surface area (TPSA) is 58.0 Å². The van der Waals surface area contributed by atoms with Crippen molar-refractivity contribution in [2.24, 2.45) is 0 Å². The van der Waals surface area contributed by atoms with Gasteiger partial charge < -0.3 is 9.73 Å². The molecule has 20 heavy (non-hydrogen) atoms. The monoisotopic (exact) mass is 336 g/mol. The van der Waals surface area contributed by atoms with E-state index in [1.54, 1.807) is 18.2 Å². The molecule has 2 N–H and O–H groups in total. The molecule has 6 heteroatoms. The minimum absolute atomic E-state index is 0.280. The van der Waals surface area contributed by atoms with Crippen LogP contribution < -0.4 is 11.1 Å². The van der Waals surface area contributed by atoms with Crippen LogP contribution in [0.2, 0.25) is 0 Å². The molecule has 0 fully saturated rings. The van der Waals surface area contributed by atoms with Gasteiger partial charge in [-0.15, -0.1) is 0 Å². The fourth-order valence-corrected chi connectivity index (χ4v) is 2.42. The third kappa shape index (κ3) is 2.60. The van der Waals surface area contributed by atoms with Crippen molar-refractivity contribution in [1.82, 2.24) is 4.98 Å². The molecule has 2 aromatic carbocycles. The molecule has 0 saturated carbocycles. The summed E-state index contributed by atoms with van der Waals surface area (Å²) < 4.78 is 18.6. The number of anilines is 1. The molecular weight excluding hydrogens is 327 g/mol. The Morgan fingerprint density at radius 1 is 1.25 bits per heavy atom. The number of oxazole rings is 1. The fraction of sp³-hybridized carbons (Fsp3) is 0.0714. The number of rotatable bonds is 3. The van der Waals surface area contributed by atoms with Crippen LogP contribution in [-0.2, 0) is 6.54 Å². The zero-order chi connectivity index (χ0) is 14.1. The van der Waals surface area contributed by atoms with Crippen LogP contribution in [0.4, 0.5) is 10.1 Å². The number of halogens is 2. The van der Waals surface area contributed by atoms with E-state index in [0.29, 0.717) is 22.1 Å². The number of aromatic amines is 1. The summed E-state index contributed by atoms with van der Waals surface area (Å²) in [5.74, 6) is -0.753. The van der Waals surface area contributed by atoms with Crippen LogP contribution in [0.5, 0.6) is 0 Å². The van der Waals surface area contributed by atoms with Crippen molar-refractivity contribution >= 4 is 32.7 Å². The van der Waals surface area contributed by atoms with Gasteiger partial charge in [0.05, 0.1) is 5.52 Å². The molecule has 102 valence electrons. The summed E-state index contributed by atoms with van der Waals surface area (Å²) in [6, 6.07) is 9.88. The number of aromatic nitrogens is 1. The third-order valence-electron chi connectivity index (χ3n) is 2.92. The predicted octanol–water partition coefficient (Wildman–Crippen LogP) is 3.63. The van der Waals surface area contributed by atoms with E-state index < -0.39 is 5.76 Å². The van der Waals surface area contributed by atoms with E-state index in [4.69, 9.17) is 4.42 Å². The van der Waals surface area contributed by atoms with Crippen LogP contribution in [0, 0.1) is 5.82 Å². The average Bonchev–Trinajstić information content (AvgIpc) is 2.77. The lowest BCUT2D eigenvalue weighted by atomic mass is 10.2. The van der Waals surface area contributed by atoms with E-state index >= 15 is 0 Å². The largest absolute Gasteiger partial charge is 0.417 e. The van der Waals surface area contributed by atoms with Gasteiger partial charge in [0.1, 0.15) is 5.82 Å². The summed E-state index contributed by atoms with van der Waals surface area (Å²) in [4.78, 5) is 13.7. The predicted molar refractivity (Wildman–Crippen MR) is 78.3 cm³/mol. The van der Waals surface area contributed by atoms with Crippen molar-refractivity contribution in [1.29, 1.82) is 0 Å². The van der Waals surface area contributed by atoms with Crippen LogP contribution in [0.25, 0.3) is 11.1 Å². The van der Waals surface area contributed by atoms with Gasteiger partial charge in [0.15, 0.2) is 5.58 Å². The molecule has 0 spiro atoms. The lowest BCUT2D eigenvalue weighted by molar-refractivity contribution is 0.555. The van der Waals surface area contributed by atoms with Crippen LogP contribution in [0.3, 0.4) is 0 Å². The molecule has 0 atom stereocenters. The lowest BCUT2D eigenvalue weighted by Crippen LogP contribution is -2.00. The first-order chi connectivity index (χ1) is 9.61. The number of benzene rings is 2. The van der Waals surface area contributed by atoms with Crippen LogP contribution in [-0.4, -0.2) is 4.98 Å². The average molecular weight is 337 g/mol. The standard InChI is InChI=1S/C14H10BrFN2O2/c15-11-5-9(16)2-1-8(11)7-17-10-3-4-13-12(6-10)18-14(19)20-13/h1-6,17H,7H2,(H,18,19). The first-order valence-electron chi connectivity index (χ1n) is 5.92. The van der Waals surface area contributed by atoms with E-state index in [-0.39, 0.29) is 5.82 Å². The van der Waals surface area contributed by atoms with E-state index in [2.05, 4.69) is 26.2 Å². The lowest BCUT2D eigenvalue weighted by Gasteiger charge is -2.08. The first-order valence-corrected chi connectivity index (χ1v) is 6.72. The fourth-order valence-electron chi connectivity index (χ4n) is 1.92. The summed E-state index contributed by atoms with van der Waals surface area (Å²) in [5.41, 5.74) is 2.93. The van der Waals surface area contributed by atoms with Crippen LogP contribution in [0.1, 0.15) is 5.56 Å². The second kappa shape index (κ2) is 5.13. The van der Waals surface area contributed by atoms with Crippen molar-refractivity contribution in [2.75, 3.05) is 5.32 Å². The molecule has 3 aromatic rings. The van der Waals surface area contributed by atoms with Crippen molar-refractivity contribution in [3.63, 3.8) is 0 Å². The van der Waals surface area contributed by atoms with E-state index in [0.717, 1.165) is 11.3 Å². The molecule has 0 aliphatic carbocycles. The van der Waals surface area contributed by atoms with Gasteiger partial charge in [-0.1, -0.05) is 22.0 Å². The van der Waals surface area contributed by atoms with E-state index in [1.807, 2.05) is 6.07 Å². The highest BCUT2D eigenvalue weighted by molar-refractivity contribution is 9.10. The quantitative estimate of drug-likeness (QED) is 0.767. The zero-order valence-corrected chi connectivity index (χ0v) is 11.8. The Morgan fingerprint density at radius 2 is 2.10 bits per heavy atom. The second-order valence-corrected chi connectivity index (χ2v) is 5.17. The molecule has 0 saturated heterocycles. The van der Waals surface area contributed by atoms with Gasteiger partial charge in [-0.25, -0.2) is 9.18 Å². The molecule has 3 rings (SSSR count). The highest BCUT2D eigenvalue weighted by atomic mass is 79.9. The summed E-state index contributed by atoms with van der Waals surface area (Å²) in [5, 5.41) is 3.21. The van der Waals surface area contributed by atoms with Gasteiger partial charge in [-0.3, -0.25) is 4.98 Å². The Kier molecular flexibility index (Phi) is 3.31. The van der Waals surface area contributed by atoms with E-state index in [1.165, 1.54) is 12.1 Å². The van der Waals surface area contributed by atoms with Crippen molar-refractivity contribution in [3.8, 4) is 0 Å². The third-order valence-corrected chi connectivity index (χ3v) is 3.66. The highest BCUT2D eigenvalue weighted by Crippen LogP contribution is 2.21. The Bertz CT molecular complexity index is 825. The van der Waals surface area contributed by atoms with Crippen molar-refractivity contribution < 1.29 is 8.81 Å². The minimum Gasteiger partial charge on any atom is -0.408 e. The van der Waals surface area contributed by atoms with Gasteiger partial charge in [-0.05, 0) is 35.9 Å². The zero-order valence-electron chi connectivity index (χ0n) is 10.2. The maximum atomic E-state index is 13.0. The van der Waals surface area contributed by atoms with Gasteiger partial charge in [-0.2, -0.15) is 0 Å². The van der Waals surface area contributed by atoms with Crippen LogP contribution >= 0.6 is 15.9 Å². The normalized spacial score (nSPS) is 10.9. The molecule has 0 radical (unpaired) electrons. The van der Waals surface area contributed by atoms with Crippen LogP contribution in [0.15, 0.2) is 50.1 Å². The summed E-state index contributed by atoms with van der Waals surface area (Å²) in [6.45, 7) is 0.536. The Balaban J connectivity index is 1.80. The molecule has 0 aliphatic heterocycles. The smallest absolute Gasteiger partial charge is 0.408 e. The Morgan fingerprint density at radius 3 is 2.90 bits per heavy atom. The molecular formula is C14H10BrFN2O2. The van der Waals surface area contributed by atoms with Gasteiger partial charge in [0.25, 0.3) is 0 Å². The molecule has 1 aromatic heterocycles. The molecule has 0 bridgehead atoms. The maximum Gasteiger partial charge on any atom is 0.417 e. The highest BCUT2D eigenvalue weighted by Gasteiger charge is 2.04. The molecule has 4 nitrogen and oxygen atoms in total. The second-order valence-electron chi connectivity index (χ2n) is 4.31. The molecule has 1 heterocycles. The van der Waals surface area contributed by atoms with Crippen molar-refractivity contribution in [2.45, 2.75) is 6.54 Å². The summed E-state index contributed by atoms with van der Waals surface area (Å²) in [6.07, 6.45) is 0.